The number of carbonyl (C=O) groups excluding carboxylic acids is 2. The van der Waals surface area contributed by atoms with Crippen LogP contribution < -0.4 is 5.32 Å². The molecule has 1 N–H and O–H groups in total. The maximum absolute atomic E-state index is 12.9. The molecular weight excluding hydrogens is 390 g/mol. The van der Waals surface area contributed by atoms with Crippen LogP contribution in [0.1, 0.15) is 31.2 Å². The summed E-state index contributed by atoms with van der Waals surface area (Å²) in [6, 6.07) is 12.5. The van der Waals surface area contributed by atoms with E-state index in [9.17, 15) is 14.9 Å². The van der Waals surface area contributed by atoms with E-state index in [4.69, 9.17) is 0 Å². The van der Waals surface area contributed by atoms with E-state index in [0.29, 0.717) is 18.4 Å². The first-order valence-corrected chi connectivity index (χ1v) is 11.3. The summed E-state index contributed by atoms with van der Waals surface area (Å²) >= 11 is 0. The van der Waals surface area contributed by atoms with Crippen molar-refractivity contribution in [2.45, 2.75) is 43.7 Å². The maximum atomic E-state index is 12.9. The molecule has 2 saturated heterocycles. The van der Waals surface area contributed by atoms with Crippen molar-refractivity contribution in [2.75, 3.05) is 40.3 Å². The summed E-state index contributed by atoms with van der Waals surface area (Å²) < 4.78 is 0. The van der Waals surface area contributed by atoms with Gasteiger partial charge in [0.25, 0.3) is 0 Å². The van der Waals surface area contributed by atoms with E-state index in [1.165, 1.54) is 5.56 Å². The second-order valence-electron chi connectivity index (χ2n) is 9.68. The first kappa shape index (κ1) is 21.6. The Morgan fingerprint density at radius 2 is 1.87 bits per heavy atom. The van der Waals surface area contributed by atoms with Crippen molar-refractivity contribution < 1.29 is 9.59 Å². The Morgan fingerprint density at radius 1 is 1.19 bits per heavy atom. The van der Waals surface area contributed by atoms with Gasteiger partial charge in [0.2, 0.25) is 5.91 Å². The van der Waals surface area contributed by atoms with Crippen molar-refractivity contribution in [3.05, 3.63) is 35.9 Å². The van der Waals surface area contributed by atoms with Crippen LogP contribution in [0.3, 0.4) is 0 Å². The number of nitriles is 1. The van der Waals surface area contributed by atoms with Gasteiger partial charge in [-0.1, -0.05) is 30.3 Å². The molecule has 3 amide bonds. The maximum Gasteiger partial charge on any atom is 0.319 e. The lowest BCUT2D eigenvalue weighted by molar-refractivity contribution is -0.130. The van der Waals surface area contributed by atoms with Crippen LogP contribution in [0.15, 0.2) is 30.3 Å². The quantitative estimate of drug-likeness (QED) is 0.787. The van der Waals surface area contributed by atoms with Crippen molar-refractivity contribution in [1.29, 1.82) is 5.26 Å². The van der Waals surface area contributed by atoms with Gasteiger partial charge in [-0.2, -0.15) is 5.26 Å². The first-order chi connectivity index (χ1) is 14.9. The molecule has 3 fully saturated rings. The van der Waals surface area contributed by atoms with E-state index in [1.54, 1.807) is 23.9 Å². The number of carbonyl (C=O) groups is 2. The van der Waals surface area contributed by atoms with Crippen LogP contribution in [0.2, 0.25) is 0 Å². The molecule has 1 saturated carbocycles. The number of rotatable bonds is 5. The van der Waals surface area contributed by atoms with Gasteiger partial charge in [-0.25, -0.2) is 4.79 Å². The predicted molar refractivity (Wildman–Crippen MR) is 118 cm³/mol. The van der Waals surface area contributed by atoms with Gasteiger partial charge in [0, 0.05) is 39.3 Å². The van der Waals surface area contributed by atoms with Crippen LogP contribution in [-0.2, 0) is 11.2 Å². The highest BCUT2D eigenvalue weighted by Gasteiger charge is 2.50. The summed E-state index contributed by atoms with van der Waals surface area (Å²) in [5.41, 5.74) is 1.11. The summed E-state index contributed by atoms with van der Waals surface area (Å²) in [6.45, 7) is 2.52. The second kappa shape index (κ2) is 8.88. The molecule has 1 aliphatic carbocycles. The van der Waals surface area contributed by atoms with Crippen molar-refractivity contribution in [2.24, 2.45) is 11.8 Å². The monoisotopic (exact) mass is 423 g/mol. The van der Waals surface area contributed by atoms with Crippen LogP contribution in [0.4, 0.5) is 4.79 Å². The van der Waals surface area contributed by atoms with Crippen LogP contribution >= 0.6 is 0 Å². The van der Waals surface area contributed by atoms with E-state index in [2.05, 4.69) is 35.7 Å². The van der Waals surface area contributed by atoms with Crippen molar-refractivity contribution in [1.82, 2.24) is 20.0 Å². The number of fused-ring (bicyclic) bond motifs is 1. The highest BCUT2D eigenvalue weighted by Crippen LogP contribution is 2.45. The van der Waals surface area contributed by atoms with E-state index in [1.807, 2.05) is 11.0 Å². The lowest BCUT2D eigenvalue weighted by Crippen LogP contribution is -2.51. The third kappa shape index (κ3) is 4.54. The fourth-order valence-electron chi connectivity index (χ4n) is 5.83. The standard InChI is InChI=1S/C24H33N5O2/c1-27(2)23(31)28-16-19-12-24(13-20(19)17-28,11-18-7-4-3-5-8-18)26-15-22(30)29-10-6-9-21(29)14-25/h3-5,7-8,19-21,26H,6,9-13,15-17H2,1-2H3. The Balaban J connectivity index is 1.45. The highest BCUT2D eigenvalue weighted by molar-refractivity contribution is 5.79. The molecule has 7 nitrogen and oxygen atoms in total. The molecule has 1 aromatic rings. The molecule has 0 radical (unpaired) electrons. The van der Waals surface area contributed by atoms with Gasteiger partial charge in [-0.3, -0.25) is 4.79 Å². The van der Waals surface area contributed by atoms with Crippen LogP contribution in [-0.4, -0.2) is 78.5 Å². The second-order valence-corrected chi connectivity index (χ2v) is 9.68. The molecule has 0 aromatic heterocycles. The van der Waals surface area contributed by atoms with Crippen molar-refractivity contribution in [3.63, 3.8) is 0 Å². The molecule has 3 unspecified atom stereocenters. The molecular formula is C24H33N5O2. The lowest BCUT2D eigenvalue weighted by atomic mass is 9.87. The third-order valence-corrected chi connectivity index (χ3v) is 7.26. The summed E-state index contributed by atoms with van der Waals surface area (Å²) in [6.07, 6.45) is 4.46. The zero-order valence-electron chi connectivity index (χ0n) is 18.6. The first-order valence-electron chi connectivity index (χ1n) is 11.3. The molecule has 0 bridgehead atoms. The third-order valence-electron chi connectivity index (χ3n) is 7.26. The summed E-state index contributed by atoms with van der Waals surface area (Å²) in [7, 11) is 3.60. The van der Waals surface area contributed by atoms with Crippen molar-refractivity contribution in [3.8, 4) is 6.07 Å². The smallest absolute Gasteiger partial charge is 0.319 e. The number of hydrogen-bond acceptors (Lipinski definition) is 4. The number of likely N-dealkylation sites (tertiary alicyclic amines) is 2. The number of benzene rings is 1. The van der Waals surface area contributed by atoms with Gasteiger partial charge in [-0.15, -0.1) is 0 Å². The normalized spacial score (nSPS) is 29.6. The van der Waals surface area contributed by atoms with Gasteiger partial charge in [0.05, 0.1) is 12.6 Å². The van der Waals surface area contributed by atoms with Gasteiger partial charge in [0.1, 0.15) is 6.04 Å². The molecule has 4 rings (SSSR count). The largest absolute Gasteiger partial charge is 0.331 e. The van der Waals surface area contributed by atoms with Crippen LogP contribution in [0.5, 0.6) is 0 Å². The number of hydrogen-bond donors (Lipinski definition) is 1. The number of urea groups is 1. The van der Waals surface area contributed by atoms with Crippen LogP contribution in [0, 0.1) is 23.2 Å². The summed E-state index contributed by atoms with van der Waals surface area (Å²) in [5, 5.41) is 13.0. The zero-order chi connectivity index (χ0) is 22.0. The molecule has 2 aliphatic heterocycles. The Hall–Kier alpha value is -2.59. The Labute approximate surface area is 185 Å². The SMILES string of the molecule is CN(C)C(=O)N1CC2CC(Cc3ccccc3)(NCC(=O)N3CCCC3C#N)CC2C1. The minimum Gasteiger partial charge on any atom is -0.331 e. The highest BCUT2D eigenvalue weighted by atomic mass is 16.2. The molecule has 3 atom stereocenters. The molecule has 2 heterocycles. The van der Waals surface area contributed by atoms with E-state index >= 15 is 0 Å². The number of nitrogens with one attached hydrogen (secondary N) is 1. The van der Waals surface area contributed by atoms with Crippen LogP contribution in [0.25, 0.3) is 0 Å². The fourth-order valence-corrected chi connectivity index (χ4v) is 5.83. The van der Waals surface area contributed by atoms with Crippen molar-refractivity contribution >= 4 is 11.9 Å². The average molecular weight is 424 g/mol. The average Bonchev–Trinajstić information content (AvgIpc) is 3.46. The van der Waals surface area contributed by atoms with E-state index in [-0.39, 0.29) is 30.1 Å². The molecule has 31 heavy (non-hydrogen) atoms. The Bertz CT molecular complexity index is 835. The molecule has 7 heteroatoms. The fraction of sp³-hybridized carbons (Fsp3) is 0.625. The van der Waals surface area contributed by atoms with Gasteiger partial charge < -0.3 is 20.0 Å². The van der Waals surface area contributed by atoms with E-state index < -0.39 is 0 Å². The Morgan fingerprint density at radius 3 is 2.48 bits per heavy atom. The summed E-state index contributed by atoms with van der Waals surface area (Å²) in [4.78, 5) is 30.6. The van der Waals surface area contributed by atoms with Gasteiger partial charge in [0.15, 0.2) is 0 Å². The minimum atomic E-state index is -0.284. The molecule has 166 valence electrons. The van der Waals surface area contributed by atoms with E-state index in [0.717, 1.165) is 45.2 Å². The topological polar surface area (TPSA) is 79.7 Å². The number of amides is 3. The molecule has 3 aliphatic rings. The minimum absolute atomic E-state index is 0.0259. The summed E-state index contributed by atoms with van der Waals surface area (Å²) in [5.74, 6) is 0.931. The number of nitrogens with zero attached hydrogens (tertiary/aromatic N) is 4. The predicted octanol–water partition coefficient (Wildman–Crippen LogP) is 2.10. The molecule has 0 spiro atoms. The van der Waals surface area contributed by atoms with Gasteiger partial charge >= 0.3 is 6.03 Å². The lowest BCUT2D eigenvalue weighted by Gasteiger charge is -2.34. The van der Waals surface area contributed by atoms with Gasteiger partial charge in [-0.05, 0) is 49.5 Å². The molecule has 1 aromatic carbocycles. The zero-order valence-corrected chi connectivity index (χ0v) is 18.6. The Kier molecular flexibility index (Phi) is 6.19.